The summed E-state index contributed by atoms with van der Waals surface area (Å²) in [7, 11) is 0. The van der Waals surface area contributed by atoms with Crippen LogP contribution in [-0.2, 0) is 16.0 Å². The number of anilines is 2. The third-order valence-corrected chi connectivity index (χ3v) is 4.79. The lowest BCUT2D eigenvalue weighted by atomic mass is 10.0. The van der Waals surface area contributed by atoms with Gasteiger partial charge in [-0.3, -0.25) is 9.59 Å². The van der Waals surface area contributed by atoms with E-state index in [9.17, 15) is 9.59 Å². The minimum Gasteiger partial charge on any atom is -0.359 e. The molecule has 0 aromatic heterocycles. The van der Waals surface area contributed by atoms with E-state index in [4.69, 9.17) is 0 Å². The molecule has 1 fully saturated rings. The van der Waals surface area contributed by atoms with E-state index >= 15 is 0 Å². The van der Waals surface area contributed by atoms with Crippen LogP contribution in [0.3, 0.4) is 0 Å². The Bertz CT molecular complexity index is 994. The van der Waals surface area contributed by atoms with Gasteiger partial charge in [-0.25, -0.2) is 0 Å². The predicted octanol–water partition coefficient (Wildman–Crippen LogP) is 2.96. The number of hydrogen-bond donors (Lipinski definition) is 2. The van der Waals surface area contributed by atoms with Gasteiger partial charge in [0.05, 0.1) is 24.3 Å². The van der Waals surface area contributed by atoms with Crippen LogP contribution < -0.4 is 15.5 Å². The van der Waals surface area contributed by atoms with Gasteiger partial charge in [0.2, 0.25) is 11.8 Å². The molecule has 0 atom stereocenters. The van der Waals surface area contributed by atoms with Gasteiger partial charge in [-0.2, -0.15) is 0 Å². The van der Waals surface area contributed by atoms with Gasteiger partial charge in [0.25, 0.3) is 0 Å². The number of carbonyl (C=O) groups excluding carboxylic acids is 2. The van der Waals surface area contributed by atoms with Crippen molar-refractivity contribution in [2.75, 3.05) is 29.9 Å². The van der Waals surface area contributed by atoms with Gasteiger partial charge in [0.15, 0.2) is 0 Å². The second-order valence-corrected chi connectivity index (χ2v) is 6.65. The number of para-hydroxylation sites is 2. The van der Waals surface area contributed by atoms with Crippen molar-refractivity contribution < 1.29 is 9.59 Å². The highest BCUT2D eigenvalue weighted by Gasteiger charge is 2.19. The van der Waals surface area contributed by atoms with E-state index in [1.807, 2.05) is 71.6 Å². The molecule has 27 heavy (non-hydrogen) atoms. The summed E-state index contributed by atoms with van der Waals surface area (Å²) < 4.78 is 0. The molecular formula is C22H21N3O2. The highest BCUT2D eigenvalue weighted by molar-refractivity contribution is 5.98. The normalized spacial score (nSPS) is 14.1. The molecule has 0 saturated carbocycles. The smallest absolute Gasteiger partial charge is 0.239 e. The summed E-state index contributed by atoms with van der Waals surface area (Å²) in [6.45, 7) is 1.63. The van der Waals surface area contributed by atoms with Crippen molar-refractivity contribution >= 4 is 34.0 Å². The monoisotopic (exact) mass is 359 g/mol. The molecule has 3 aromatic rings. The summed E-state index contributed by atoms with van der Waals surface area (Å²) in [6.07, 6.45) is 0.302. The summed E-state index contributed by atoms with van der Waals surface area (Å²) in [5, 5.41) is 8.07. The third-order valence-electron chi connectivity index (χ3n) is 4.79. The molecule has 5 nitrogen and oxygen atoms in total. The van der Waals surface area contributed by atoms with Gasteiger partial charge >= 0.3 is 0 Å². The molecular weight excluding hydrogens is 338 g/mol. The zero-order valence-corrected chi connectivity index (χ0v) is 14.9. The van der Waals surface area contributed by atoms with Crippen molar-refractivity contribution in [3.05, 3.63) is 72.3 Å². The first-order valence-corrected chi connectivity index (χ1v) is 9.08. The molecule has 1 aliphatic rings. The van der Waals surface area contributed by atoms with E-state index in [0.717, 1.165) is 34.3 Å². The maximum absolute atomic E-state index is 12.7. The molecule has 2 N–H and O–H groups in total. The Morgan fingerprint density at radius 2 is 1.78 bits per heavy atom. The zero-order valence-electron chi connectivity index (χ0n) is 14.9. The molecule has 1 heterocycles. The standard InChI is InChI=1S/C22H21N3O2/c26-21(14-17-8-5-7-16-6-1-2-9-18(16)17)24-19-10-3-4-11-20(19)25-13-12-23-22(27)15-25/h1-11H,12-15H2,(H,23,27)(H,24,26). The molecule has 136 valence electrons. The Labute approximate surface area is 158 Å². The van der Waals surface area contributed by atoms with Gasteiger partial charge < -0.3 is 15.5 Å². The molecule has 2 amide bonds. The lowest BCUT2D eigenvalue weighted by molar-refractivity contribution is -0.120. The highest BCUT2D eigenvalue weighted by Crippen LogP contribution is 2.26. The molecule has 0 spiro atoms. The quantitative estimate of drug-likeness (QED) is 0.753. The van der Waals surface area contributed by atoms with E-state index < -0.39 is 0 Å². The van der Waals surface area contributed by atoms with Crippen molar-refractivity contribution in [2.24, 2.45) is 0 Å². The van der Waals surface area contributed by atoms with Gasteiger partial charge in [0, 0.05) is 13.1 Å². The zero-order chi connectivity index (χ0) is 18.6. The van der Waals surface area contributed by atoms with Crippen LogP contribution in [0.4, 0.5) is 11.4 Å². The second kappa shape index (κ2) is 7.50. The average Bonchev–Trinajstić information content (AvgIpc) is 2.69. The van der Waals surface area contributed by atoms with Crippen molar-refractivity contribution in [2.45, 2.75) is 6.42 Å². The van der Waals surface area contributed by atoms with Gasteiger partial charge in [-0.05, 0) is 28.5 Å². The molecule has 3 aromatic carbocycles. The SMILES string of the molecule is O=C1CN(c2ccccc2NC(=O)Cc2cccc3ccccc23)CCN1. The first kappa shape index (κ1) is 17.1. The first-order valence-electron chi connectivity index (χ1n) is 9.08. The number of hydrogen-bond acceptors (Lipinski definition) is 3. The summed E-state index contributed by atoms with van der Waals surface area (Å²) in [6, 6.07) is 21.7. The predicted molar refractivity (Wildman–Crippen MR) is 108 cm³/mol. The van der Waals surface area contributed by atoms with E-state index in [0.29, 0.717) is 19.5 Å². The van der Waals surface area contributed by atoms with Crippen molar-refractivity contribution in [1.29, 1.82) is 0 Å². The summed E-state index contributed by atoms with van der Waals surface area (Å²) in [4.78, 5) is 26.4. The Kier molecular flexibility index (Phi) is 4.75. The molecule has 4 rings (SSSR count). The number of nitrogens with zero attached hydrogens (tertiary/aromatic N) is 1. The molecule has 1 aliphatic heterocycles. The van der Waals surface area contributed by atoms with Crippen LogP contribution in [0, 0.1) is 0 Å². The maximum atomic E-state index is 12.7. The van der Waals surface area contributed by atoms with Crippen LogP contribution in [0.1, 0.15) is 5.56 Å². The molecule has 5 heteroatoms. The van der Waals surface area contributed by atoms with Crippen molar-refractivity contribution in [1.82, 2.24) is 5.32 Å². The Balaban J connectivity index is 1.54. The number of carbonyl (C=O) groups is 2. The largest absolute Gasteiger partial charge is 0.359 e. The third kappa shape index (κ3) is 3.77. The topological polar surface area (TPSA) is 61.4 Å². The van der Waals surface area contributed by atoms with Crippen molar-refractivity contribution in [3.63, 3.8) is 0 Å². The summed E-state index contributed by atoms with van der Waals surface area (Å²) >= 11 is 0. The molecule has 0 aliphatic carbocycles. The van der Waals surface area contributed by atoms with Crippen LogP contribution in [-0.4, -0.2) is 31.4 Å². The second-order valence-electron chi connectivity index (χ2n) is 6.65. The van der Waals surface area contributed by atoms with Crippen LogP contribution >= 0.6 is 0 Å². The minimum absolute atomic E-state index is 0.00173. The van der Waals surface area contributed by atoms with Gasteiger partial charge in [-0.1, -0.05) is 54.6 Å². The van der Waals surface area contributed by atoms with E-state index in [-0.39, 0.29) is 11.8 Å². The lowest BCUT2D eigenvalue weighted by Crippen LogP contribution is -2.47. The van der Waals surface area contributed by atoms with Crippen LogP contribution in [0.25, 0.3) is 10.8 Å². The summed E-state index contributed by atoms with van der Waals surface area (Å²) in [5.41, 5.74) is 2.61. The lowest BCUT2D eigenvalue weighted by Gasteiger charge is -2.30. The fourth-order valence-electron chi connectivity index (χ4n) is 3.51. The van der Waals surface area contributed by atoms with E-state index in [2.05, 4.69) is 10.6 Å². The molecule has 0 bridgehead atoms. The van der Waals surface area contributed by atoms with Crippen molar-refractivity contribution in [3.8, 4) is 0 Å². The number of nitrogens with one attached hydrogen (secondary N) is 2. The van der Waals surface area contributed by atoms with E-state index in [1.165, 1.54) is 0 Å². The molecule has 0 radical (unpaired) electrons. The van der Waals surface area contributed by atoms with Gasteiger partial charge in [0.1, 0.15) is 0 Å². The minimum atomic E-state index is -0.0692. The number of rotatable bonds is 4. The summed E-state index contributed by atoms with van der Waals surface area (Å²) in [5.74, 6) is -0.0709. The van der Waals surface area contributed by atoms with Gasteiger partial charge in [-0.15, -0.1) is 0 Å². The average molecular weight is 359 g/mol. The Hall–Kier alpha value is -3.34. The number of fused-ring (bicyclic) bond motifs is 1. The highest BCUT2D eigenvalue weighted by atomic mass is 16.2. The van der Waals surface area contributed by atoms with Crippen LogP contribution in [0.5, 0.6) is 0 Å². The first-order chi connectivity index (χ1) is 13.2. The fourth-order valence-corrected chi connectivity index (χ4v) is 3.51. The number of amides is 2. The molecule has 1 saturated heterocycles. The molecule has 0 unspecified atom stereocenters. The Morgan fingerprint density at radius 3 is 2.67 bits per heavy atom. The maximum Gasteiger partial charge on any atom is 0.239 e. The van der Waals surface area contributed by atoms with Crippen LogP contribution in [0.15, 0.2) is 66.7 Å². The van der Waals surface area contributed by atoms with E-state index in [1.54, 1.807) is 0 Å². The Morgan fingerprint density at radius 1 is 1.00 bits per heavy atom. The number of piperazine rings is 1. The fraction of sp³-hybridized carbons (Fsp3) is 0.182. The van der Waals surface area contributed by atoms with Crippen LogP contribution in [0.2, 0.25) is 0 Å². The number of benzene rings is 3.